The number of aliphatic hydroxyl groups is 1. The fraction of sp³-hybridized carbons (Fsp3) is 0.333. The number of nitro groups is 2. The van der Waals surface area contributed by atoms with Gasteiger partial charge in [0.2, 0.25) is 0 Å². The van der Waals surface area contributed by atoms with E-state index in [1.807, 2.05) is 0 Å². The Bertz CT molecular complexity index is 978. The van der Waals surface area contributed by atoms with Crippen LogP contribution in [0.3, 0.4) is 0 Å². The number of hydrogen-bond donors (Lipinski definition) is 1. The number of nitro benzene ring substituents is 2. The van der Waals surface area contributed by atoms with E-state index in [0.29, 0.717) is 6.07 Å². The van der Waals surface area contributed by atoms with E-state index in [-0.39, 0.29) is 11.5 Å². The van der Waals surface area contributed by atoms with Crippen LogP contribution >= 0.6 is 0 Å². The molecule has 15 heteroatoms. The fourth-order valence-corrected chi connectivity index (χ4v) is 2.38. The average molecular weight is 488 g/mol. The van der Waals surface area contributed by atoms with Crippen molar-refractivity contribution in [2.24, 2.45) is 0 Å². The standard InChI is InChI=1S/C9H8F3NO3.C8H6F3NO3.CH4O/c1-5-6(9(10,11)12)3-4-7(16-2)8(5)13(14)15;1-15-7-3-2-5(8(9,10)11)4-6(7)12(13)14;1-2/h3-4H,1-2H3;2-4H,1H3;2H,1H3. The Balaban J connectivity index is 0.000000578. The van der Waals surface area contributed by atoms with Crippen LogP contribution in [0.4, 0.5) is 37.7 Å². The lowest BCUT2D eigenvalue weighted by molar-refractivity contribution is -0.386. The van der Waals surface area contributed by atoms with E-state index >= 15 is 0 Å². The van der Waals surface area contributed by atoms with E-state index < -0.39 is 50.3 Å². The normalized spacial score (nSPS) is 10.8. The molecule has 0 amide bonds. The molecule has 2 aromatic rings. The summed E-state index contributed by atoms with van der Waals surface area (Å²) in [5, 5.41) is 28.1. The molecule has 0 aliphatic heterocycles. The van der Waals surface area contributed by atoms with Gasteiger partial charge in [-0.25, -0.2) is 0 Å². The molecule has 0 aromatic heterocycles. The molecule has 2 rings (SSSR count). The van der Waals surface area contributed by atoms with Crippen LogP contribution in [0.1, 0.15) is 16.7 Å². The zero-order valence-electron chi connectivity index (χ0n) is 17.4. The highest BCUT2D eigenvalue weighted by Gasteiger charge is 2.36. The zero-order chi connectivity index (χ0) is 26.1. The van der Waals surface area contributed by atoms with Gasteiger partial charge in [-0.2, -0.15) is 26.3 Å². The summed E-state index contributed by atoms with van der Waals surface area (Å²) in [7, 11) is 3.31. The van der Waals surface area contributed by atoms with Crippen LogP contribution in [-0.2, 0) is 12.4 Å². The molecular weight excluding hydrogens is 470 g/mol. The van der Waals surface area contributed by atoms with Gasteiger partial charge in [0.05, 0.1) is 35.2 Å². The summed E-state index contributed by atoms with van der Waals surface area (Å²) in [6.45, 7) is 1.05. The summed E-state index contributed by atoms with van der Waals surface area (Å²) in [5.74, 6) is -0.386. The van der Waals surface area contributed by atoms with E-state index in [2.05, 4.69) is 9.47 Å². The first kappa shape index (κ1) is 29.4. The van der Waals surface area contributed by atoms with Gasteiger partial charge in [0.1, 0.15) is 0 Å². The highest BCUT2D eigenvalue weighted by atomic mass is 19.4. The molecular formula is C18H18F6N2O7. The van der Waals surface area contributed by atoms with Crippen molar-refractivity contribution in [3.8, 4) is 11.5 Å². The molecule has 0 bridgehead atoms. The lowest BCUT2D eigenvalue weighted by Crippen LogP contribution is -2.09. The fourth-order valence-electron chi connectivity index (χ4n) is 2.38. The molecule has 0 heterocycles. The minimum Gasteiger partial charge on any atom is -0.490 e. The van der Waals surface area contributed by atoms with Crippen molar-refractivity contribution in [3.05, 3.63) is 67.3 Å². The predicted molar refractivity (Wildman–Crippen MR) is 102 cm³/mol. The van der Waals surface area contributed by atoms with Crippen molar-refractivity contribution in [3.63, 3.8) is 0 Å². The Kier molecular flexibility index (Phi) is 10.5. The third-order valence-corrected chi connectivity index (χ3v) is 3.80. The van der Waals surface area contributed by atoms with Crippen molar-refractivity contribution in [2.45, 2.75) is 19.3 Å². The number of benzene rings is 2. The molecule has 1 N–H and O–H groups in total. The molecule has 184 valence electrons. The number of alkyl halides is 6. The lowest BCUT2D eigenvalue weighted by Gasteiger charge is -2.11. The Labute approximate surface area is 182 Å². The molecule has 0 saturated heterocycles. The van der Waals surface area contributed by atoms with Gasteiger partial charge < -0.3 is 14.6 Å². The van der Waals surface area contributed by atoms with E-state index in [4.69, 9.17) is 5.11 Å². The molecule has 0 aliphatic rings. The largest absolute Gasteiger partial charge is 0.490 e. The van der Waals surface area contributed by atoms with Gasteiger partial charge in [-0.05, 0) is 31.2 Å². The van der Waals surface area contributed by atoms with Crippen molar-refractivity contribution < 1.29 is 50.8 Å². The third-order valence-electron chi connectivity index (χ3n) is 3.80. The maximum Gasteiger partial charge on any atom is 0.416 e. The van der Waals surface area contributed by atoms with Gasteiger partial charge in [0.15, 0.2) is 11.5 Å². The van der Waals surface area contributed by atoms with Gasteiger partial charge in [0.25, 0.3) is 0 Å². The van der Waals surface area contributed by atoms with Gasteiger partial charge in [-0.3, -0.25) is 20.2 Å². The van der Waals surface area contributed by atoms with Crippen molar-refractivity contribution >= 4 is 11.4 Å². The Morgan fingerprint density at radius 3 is 1.67 bits per heavy atom. The number of methoxy groups -OCH3 is 2. The minimum atomic E-state index is -4.61. The Morgan fingerprint density at radius 1 is 0.818 bits per heavy atom. The minimum absolute atomic E-state index is 0.185. The van der Waals surface area contributed by atoms with Crippen LogP contribution in [-0.4, -0.2) is 36.3 Å². The van der Waals surface area contributed by atoms with Crippen LogP contribution in [0.5, 0.6) is 11.5 Å². The predicted octanol–water partition coefficient (Wildman–Crippen LogP) is 5.16. The highest BCUT2D eigenvalue weighted by molar-refractivity contribution is 5.56. The van der Waals surface area contributed by atoms with Crippen LogP contribution in [0, 0.1) is 27.2 Å². The number of rotatable bonds is 4. The lowest BCUT2D eigenvalue weighted by atomic mass is 10.1. The molecule has 0 fully saturated rings. The number of halogens is 6. The van der Waals surface area contributed by atoms with Crippen LogP contribution in [0.2, 0.25) is 0 Å². The van der Waals surface area contributed by atoms with Crippen molar-refractivity contribution in [2.75, 3.05) is 21.3 Å². The summed E-state index contributed by atoms with van der Waals surface area (Å²) in [6.07, 6.45) is -9.21. The quantitative estimate of drug-likeness (QED) is 0.358. The summed E-state index contributed by atoms with van der Waals surface area (Å²) < 4.78 is 83.2. The number of hydrogen-bond acceptors (Lipinski definition) is 7. The van der Waals surface area contributed by atoms with E-state index in [1.165, 1.54) is 0 Å². The summed E-state index contributed by atoms with van der Waals surface area (Å²) in [5.41, 5.74) is -3.91. The van der Waals surface area contributed by atoms with E-state index in [9.17, 15) is 46.6 Å². The number of aliphatic hydroxyl groups excluding tert-OH is 1. The van der Waals surface area contributed by atoms with Crippen molar-refractivity contribution in [1.29, 1.82) is 0 Å². The third kappa shape index (κ3) is 7.78. The molecule has 0 radical (unpaired) electrons. The maximum absolute atomic E-state index is 12.5. The molecule has 0 saturated carbocycles. The van der Waals surface area contributed by atoms with Crippen LogP contribution in [0.15, 0.2) is 30.3 Å². The monoisotopic (exact) mass is 488 g/mol. The summed E-state index contributed by atoms with van der Waals surface area (Å²) in [6, 6.07) is 3.79. The summed E-state index contributed by atoms with van der Waals surface area (Å²) >= 11 is 0. The van der Waals surface area contributed by atoms with E-state index in [1.54, 1.807) is 0 Å². The zero-order valence-corrected chi connectivity index (χ0v) is 17.4. The molecule has 33 heavy (non-hydrogen) atoms. The Morgan fingerprint density at radius 2 is 1.30 bits per heavy atom. The average Bonchev–Trinajstić information content (AvgIpc) is 2.72. The first-order valence-corrected chi connectivity index (χ1v) is 8.38. The SMILES string of the molecule is CO.COc1ccc(C(F)(F)F)c(C)c1[N+](=O)[O-].COc1ccc(C(F)(F)F)cc1[N+](=O)[O-]. The molecule has 2 aromatic carbocycles. The van der Waals surface area contributed by atoms with Crippen molar-refractivity contribution in [1.82, 2.24) is 0 Å². The molecule has 0 atom stereocenters. The maximum atomic E-state index is 12.5. The smallest absolute Gasteiger partial charge is 0.416 e. The van der Waals surface area contributed by atoms with Gasteiger partial charge in [-0.1, -0.05) is 0 Å². The van der Waals surface area contributed by atoms with Crippen LogP contribution in [0.25, 0.3) is 0 Å². The van der Waals surface area contributed by atoms with Gasteiger partial charge in [-0.15, -0.1) is 0 Å². The number of ether oxygens (including phenoxy) is 2. The second-order valence-corrected chi connectivity index (χ2v) is 5.69. The Hall–Kier alpha value is -3.62. The second kappa shape index (κ2) is 11.8. The topological polar surface area (TPSA) is 125 Å². The van der Waals surface area contributed by atoms with Gasteiger partial charge in [0, 0.05) is 18.7 Å². The first-order chi connectivity index (χ1) is 15.1. The summed E-state index contributed by atoms with van der Waals surface area (Å²) in [4.78, 5) is 19.2. The second-order valence-electron chi connectivity index (χ2n) is 5.69. The van der Waals surface area contributed by atoms with Gasteiger partial charge >= 0.3 is 23.7 Å². The molecule has 0 aliphatic carbocycles. The highest BCUT2D eigenvalue weighted by Crippen LogP contribution is 2.40. The molecule has 0 spiro atoms. The molecule has 9 nitrogen and oxygen atoms in total. The number of nitrogens with zero attached hydrogens (tertiary/aromatic N) is 2. The molecule has 0 unspecified atom stereocenters. The van der Waals surface area contributed by atoms with Crippen LogP contribution < -0.4 is 9.47 Å². The first-order valence-electron chi connectivity index (χ1n) is 8.38. The van der Waals surface area contributed by atoms with E-state index in [0.717, 1.165) is 52.5 Å².